The molecule has 0 aliphatic heterocycles. The van der Waals surface area contributed by atoms with E-state index < -0.39 is 6.10 Å². The summed E-state index contributed by atoms with van der Waals surface area (Å²) in [6.45, 7) is 1.64. The third-order valence-electron chi connectivity index (χ3n) is 3.64. The SMILES string of the molecule is COc1ccccc1O[C@@H](C)C(=O)Nc1cc(-c2ccc(Cl)cc2)no1. The summed E-state index contributed by atoms with van der Waals surface area (Å²) < 4.78 is 16.0. The lowest BCUT2D eigenvalue weighted by Crippen LogP contribution is -2.30. The van der Waals surface area contributed by atoms with Crippen LogP contribution in [0.1, 0.15) is 6.92 Å². The maximum absolute atomic E-state index is 12.3. The Hall–Kier alpha value is -2.99. The van der Waals surface area contributed by atoms with Crippen LogP contribution in [0.15, 0.2) is 59.1 Å². The predicted octanol–water partition coefficient (Wildman–Crippen LogP) is 4.41. The zero-order chi connectivity index (χ0) is 18.5. The number of benzene rings is 2. The van der Waals surface area contributed by atoms with E-state index in [9.17, 15) is 4.79 Å². The Kier molecular flexibility index (Phi) is 5.43. The lowest BCUT2D eigenvalue weighted by atomic mass is 10.1. The number of nitrogens with zero attached hydrogens (tertiary/aromatic N) is 1. The van der Waals surface area contributed by atoms with Crippen molar-refractivity contribution in [2.75, 3.05) is 12.4 Å². The molecule has 0 spiro atoms. The first-order valence-corrected chi connectivity index (χ1v) is 8.28. The number of rotatable bonds is 6. The molecule has 1 atom stereocenters. The molecule has 0 aliphatic rings. The van der Waals surface area contributed by atoms with Crippen LogP contribution in [-0.2, 0) is 4.79 Å². The summed E-state index contributed by atoms with van der Waals surface area (Å²) in [4.78, 5) is 12.3. The number of amides is 1. The van der Waals surface area contributed by atoms with Gasteiger partial charge in [0.15, 0.2) is 17.6 Å². The van der Waals surface area contributed by atoms with Gasteiger partial charge in [-0.3, -0.25) is 10.1 Å². The number of carbonyl (C=O) groups excluding carboxylic acids is 1. The number of methoxy groups -OCH3 is 1. The molecule has 1 heterocycles. The van der Waals surface area contributed by atoms with E-state index in [1.54, 1.807) is 50.4 Å². The van der Waals surface area contributed by atoms with Crippen LogP contribution in [-0.4, -0.2) is 24.3 Å². The van der Waals surface area contributed by atoms with Gasteiger partial charge >= 0.3 is 0 Å². The molecule has 0 aliphatic carbocycles. The average Bonchev–Trinajstić information content (AvgIpc) is 3.11. The first-order chi connectivity index (χ1) is 12.6. The summed E-state index contributed by atoms with van der Waals surface area (Å²) in [5.41, 5.74) is 1.42. The summed E-state index contributed by atoms with van der Waals surface area (Å²) >= 11 is 5.87. The standard InChI is InChI=1S/C19H17ClN2O4/c1-12(25-17-6-4-3-5-16(17)24-2)19(23)21-18-11-15(22-26-18)13-7-9-14(20)10-8-13/h3-12H,1-2H3,(H,21,23)/t12-/m0/s1. The van der Waals surface area contributed by atoms with E-state index in [0.29, 0.717) is 22.2 Å². The summed E-state index contributed by atoms with van der Waals surface area (Å²) in [6, 6.07) is 15.9. The highest BCUT2D eigenvalue weighted by Crippen LogP contribution is 2.27. The summed E-state index contributed by atoms with van der Waals surface area (Å²) in [7, 11) is 1.54. The van der Waals surface area contributed by atoms with Crippen molar-refractivity contribution in [2.24, 2.45) is 0 Å². The van der Waals surface area contributed by atoms with Gasteiger partial charge in [-0.25, -0.2) is 0 Å². The van der Waals surface area contributed by atoms with Crippen LogP contribution in [0.4, 0.5) is 5.88 Å². The fraction of sp³-hybridized carbons (Fsp3) is 0.158. The van der Waals surface area contributed by atoms with Gasteiger partial charge < -0.3 is 14.0 Å². The van der Waals surface area contributed by atoms with Crippen molar-refractivity contribution >= 4 is 23.4 Å². The molecule has 0 bridgehead atoms. The zero-order valence-corrected chi connectivity index (χ0v) is 15.0. The third-order valence-corrected chi connectivity index (χ3v) is 3.89. The Bertz CT molecular complexity index is 893. The average molecular weight is 373 g/mol. The molecule has 134 valence electrons. The number of halogens is 1. The van der Waals surface area contributed by atoms with E-state index in [-0.39, 0.29) is 11.8 Å². The molecule has 0 saturated carbocycles. The number of carbonyl (C=O) groups is 1. The van der Waals surface area contributed by atoms with Gasteiger partial charge in [0.2, 0.25) is 5.88 Å². The second-order valence-electron chi connectivity index (χ2n) is 5.48. The van der Waals surface area contributed by atoms with E-state index in [1.165, 1.54) is 0 Å². The van der Waals surface area contributed by atoms with Crippen molar-refractivity contribution < 1.29 is 18.8 Å². The van der Waals surface area contributed by atoms with Crippen molar-refractivity contribution in [3.05, 3.63) is 59.6 Å². The van der Waals surface area contributed by atoms with E-state index in [0.717, 1.165) is 5.56 Å². The predicted molar refractivity (Wildman–Crippen MR) is 98.7 cm³/mol. The molecule has 1 N–H and O–H groups in total. The molecule has 3 rings (SSSR count). The summed E-state index contributed by atoms with van der Waals surface area (Å²) in [6.07, 6.45) is -0.754. The number of anilines is 1. The minimum atomic E-state index is -0.754. The number of para-hydroxylation sites is 2. The number of hydrogen-bond donors (Lipinski definition) is 1. The molecule has 26 heavy (non-hydrogen) atoms. The van der Waals surface area contributed by atoms with Crippen LogP contribution in [0, 0.1) is 0 Å². The maximum Gasteiger partial charge on any atom is 0.267 e. The Morgan fingerprint density at radius 3 is 2.54 bits per heavy atom. The molecule has 2 aromatic carbocycles. The third kappa shape index (κ3) is 4.15. The smallest absolute Gasteiger partial charge is 0.267 e. The number of aromatic nitrogens is 1. The molecule has 1 aromatic heterocycles. The van der Waals surface area contributed by atoms with Crippen molar-refractivity contribution in [2.45, 2.75) is 13.0 Å². The van der Waals surface area contributed by atoms with Gasteiger partial charge in [-0.2, -0.15) is 0 Å². The van der Waals surface area contributed by atoms with Crippen molar-refractivity contribution in [3.8, 4) is 22.8 Å². The van der Waals surface area contributed by atoms with Gasteiger partial charge in [-0.05, 0) is 31.2 Å². The molecule has 0 unspecified atom stereocenters. The van der Waals surface area contributed by atoms with E-state index in [4.69, 9.17) is 25.6 Å². The van der Waals surface area contributed by atoms with Gasteiger partial charge in [-0.15, -0.1) is 0 Å². The van der Waals surface area contributed by atoms with Gasteiger partial charge in [0.25, 0.3) is 5.91 Å². The van der Waals surface area contributed by atoms with Gasteiger partial charge in [-0.1, -0.05) is 41.0 Å². The lowest BCUT2D eigenvalue weighted by Gasteiger charge is -2.15. The molecule has 6 nitrogen and oxygen atoms in total. The summed E-state index contributed by atoms with van der Waals surface area (Å²) in [5.74, 6) is 0.902. The van der Waals surface area contributed by atoms with Crippen molar-refractivity contribution in [3.63, 3.8) is 0 Å². The zero-order valence-electron chi connectivity index (χ0n) is 14.2. The molecular formula is C19H17ClN2O4. The lowest BCUT2D eigenvalue weighted by molar-refractivity contribution is -0.122. The largest absolute Gasteiger partial charge is 0.493 e. The molecule has 0 saturated heterocycles. The van der Waals surface area contributed by atoms with E-state index in [1.807, 2.05) is 18.2 Å². The van der Waals surface area contributed by atoms with Crippen molar-refractivity contribution in [1.29, 1.82) is 0 Å². The first kappa shape index (κ1) is 17.8. The highest BCUT2D eigenvalue weighted by molar-refractivity contribution is 6.30. The fourth-order valence-electron chi connectivity index (χ4n) is 2.27. The van der Waals surface area contributed by atoms with Crippen LogP contribution < -0.4 is 14.8 Å². The second-order valence-corrected chi connectivity index (χ2v) is 5.92. The van der Waals surface area contributed by atoms with E-state index >= 15 is 0 Å². The van der Waals surface area contributed by atoms with Gasteiger partial charge in [0, 0.05) is 16.7 Å². The highest BCUT2D eigenvalue weighted by atomic mass is 35.5. The minimum absolute atomic E-state index is 0.232. The van der Waals surface area contributed by atoms with Crippen LogP contribution >= 0.6 is 11.6 Å². The Morgan fingerprint density at radius 1 is 1.15 bits per heavy atom. The minimum Gasteiger partial charge on any atom is -0.493 e. The monoisotopic (exact) mass is 372 g/mol. The topological polar surface area (TPSA) is 73.6 Å². The van der Waals surface area contributed by atoms with Crippen molar-refractivity contribution in [1.82, 2.24) is 5.16 Å². The van der Waals surface area contributed by atoms with E-state index in [2.05, 4.69) is 10.5 Å². The molecule has 3 aromatic rings. The Labute approximate surface area is 155 Å². The van der Waals surface area contributed by atoms with Crippen LogP contribution in [0.5, 0.6) is 11.5 Å². The van der Waals surface area contributed by atoms with Crippen LogP contribution in [0.25, 0.3) is 11.3 Å². The number of hydrogen-bond acceptors (Lipinski definition) is 5. The normalized spacial score (nSPS) is 11.7. The first-order valence-electron chi connectivity index (χ1n) is 7.90. The molecule has 1 amide bonds. The van der Waals surface area contributed by atoms with Crippen LogP contribution in [0.3, 0.4) is 0 Å². The Morgan fingerprint density at radius 2 is 1.85 bits per heavy atom. The number of ether oxygens (including phenoxy) is 2. The maximum atomic E-state index is 12.3. The fourth-order valence-corrected chi connectivity index (χ4v) is 2.40. The van der Waals surface area contributed by atoms with Gasteiger partial charge in [0.1, 0.15) is 5.69 Å². The van der Waals surface area contributed by atoms with Gasteiger partial charge in [0.05, 0.1) is 7.11 Å². The number of nitrogens with one attached hydrogen (secondary N) is 1. The Balaban J connectivity index is 1.65. The molecule has 0 radical (unpaired) electrons. The second kappa shape index (κ2) is 7.93. The molecule has 0 fully saturated rings. The summed E-state index contributed by atoms with van der Waals surface area (Å²) in [5, 5.41) is 7.22. The molecule has 7 heteroatoms. The van der Waals surface area contributed by atoms with Crippen LogP contribution in [0.2, 0.25) is 5.02 Å². The molecular weight excluding hydrogens is 356 g/mol. The highest BCUT2D eigenvalue weighted by Gasteiger charge is 2.19. The quantitative estimate of drug-likeness (QED) is 0.693.